The molecule has 0 N–H and O–H groups in total. The van der Waals surface area contributed by atoms with Gasteiger partial charge in [-0.3, -0.25) is 0 Å². The molecule has 0 fully saturated rings. The quantitative estimate of drug-likeness (QED) is 0.0795. The molecular formula is C50H40O2P2. The molecule has 262 valence electrons. The van der Waals surface area contributed by atoms with Crippen molar-refractivity contribution >= 4 is 81.3 Å². The van der Waals surface area contributed by atoms with E-state index in [1.807, 2.05) is 13.0 Å². The average Bonchev–Trinajstić information content (AvgIpc) is 3.22. The molecular weight excluding hydrogens is 694 g/mol. The summed E-state index contributed by atoms with van der Waals surface area (Å²) in [4.78, 5) is 12.6. The molecule has 0 amide bonds. The molecule has 0 aromatic heterocycles. The molecule has 8 rings (SSSR count). The van der Waals surface area contributed by atoms with Crippen molar-refractivity contribution in [2.75, 3.05) is 6.61 Å². The number of hydrogen-bond donors (Lipinski definition) is 0. The van der Waals surface area contributed by atoms with Crippen LogP contribution in [0, 0.1) is 6.92 Å². The van der Waals surface area contributed by atoms with Gasteiger partial charge >= 0.3 is 5.97 Å². The van der Waals surface area contributed by atoms with Crippen LogP contribution in [0.3, 0.4) is 0 Å². The SMILES string of the molecule is CCOC(=O)/C=C/c1cccc2c(-c3c(P(c4ccccc4)c4ccccc4)ccc4c(C)cccc34)c(P(c3ccccc3)c3ccccc3)ccc12. The number of fused-ring (bicyclic) bond motifs is 2. The molecule has 0 aliphatic heterocycles. The van der Waals surface area contributed by atoms with Crippen molar-refractivity contribution < 1.29 is 9.53 Å². The van der Waals surface area contributed by atoms with Crippen LogP contribution < -0.4 is 31.8 Å². The highest BCUT2D eigenvalue weighted by atomic mass is 31.1. The average molecular weight is 735 g/mol. The summed E-state index contributed by atoms with van der Waals surface area (Å²) in [6.45, 7) is 4.38. The maximum Gasteiger partial charge on any atom is 0.330 e. The van der Waals surface area contributed by atoms with Gasteiger partial charge in [0.2, 0.25) is 0 Å². The lowest BCUT2D eigenvalue weighted by atomic mass is 9.91. The van der Waals surface area contributed by atoms with E-state index in [4.69, 9.17) is 4.74 Å². The molecule has 8 aromatic rings. The Morgan fingerprint density at radius 2 is 0.907 bits per heavy atom. The number of benzene rings is 8. The lowest BCUT2D eigenvalue weighted by Crippen LogP contribution is -2.26. The minimum atomic E-state index is -0.985. The molecule has 0 bridgehead atoms. The molecule has 0 saturated carbocycles. The Kier molecular flexibility index (Phi) is 10.6. The monoisotopic (exact) mass is 734 g/mol. The molecule has 0 radical (unpaired) electrons. The Morgan fingerprint density at radius 3 is 1.37 bits per heavy atom. The molecule has 0 atom stereocenters. The maximum absolute atomic E-state index is 12.6. The summed E-state index contributed by atoms with van der Waals surface area (Å²) in [5.41, 5.74) is 4.73. The van der Waals surface area contributed by atoms with Crippen LogP contribution in [0.2, 0.25) is 0 Å². The molecule has 8 aromatic carbocycles. The van der Waals surface area contributed by atoms with Gasteiger partial charge in [0.1, 0.15) is 0 Å². The Balaban J connectivity index is 1.54. The van der Waals surface area contributed by atoms with Gasteiger partial charge in [-0.2, -0.15) is 0 Å². The molecule has 0 unspecified atom stereocenters. The second-order valence-corrected chi connectivity index (χ2v) is 17.5. The fourth-order valence-electron chi connectivity index (χ4n) is 7.43. The van der Waals surface area contributed by atoms with Crippen LogP contribution in [0.25, 0.3) is 38.7 Å². The van der Waals surface area contributed by atoms with E-state index < -0.39 is 15.8 Å². The minimum absolute atomic E-state index is 0.337. The van der Waals surface area contributed by atoms with Crippen molar-refractivity contribution in [3.8, 4) is 11.1 Å². The third-order valence-electron chi connectivity index (χ3n) is 9.81. The lowest BCUT2D eigenvalue weighted by molar-refractivity contribution is -0.137. The predicted molar refractivity (Wildman–Crippen MR) is 235 cm³/mol. The second-order valence-electron chi connectivity index (χ2n) is 13.1. The van der Waals surface area contributed by atoms with Crippen LogP contribution in [0.4, 0.5) is 0 Å². The van der Waals surface area contributed by atoms with Crippen LogP contribution in [0.1, 0.15) is 18.1 Å². The van der Waals surface area contributed by atoms with E-state index in [0.29, 0.717) is 6.61 Å². The van der Waals surface area contributed by atoms with Crippen LogP contribution in [0.5, 0.6) is 0 Å². The van der Waals surface area contributed by atoms with Gasteiger partial charge in [0.25, 0.3) is 0 Å². The highest BCUT2D eigenvalue weighted by molar-refractivity contribution is 7.80. The summed E-state index contributed by atoms with van der Waals surface area (Å²) in [5, 5.41) is 12.6. The first-order valence-electron chi connectivity index (χ1n) is 18.4. The van der Waals surface area contributed by atoms with Crippen molar-refractivity contribution in [3.05, 3.63) is 199 Å². The third kappa shape index (κ3) is 7.04. The summed E-state index contributed by atoms with van der Waals surface area (Å²) < 4.78 is 5.28. The predicted octanol–water partition coefficient (Wildman–Crippen LogP) is 10.1. The van der Waals surface area contributed by atoms with Crippen molar-refractivity contribution in [1.82, 2.24) is 0 Å². The van der Waals surface area contributed by atoms with Gasteiger partial charge in [-0.05, 0) is 111 Å². The highest BCUT2D eigenvalue weighted by Crippen LogP contribution is 2.46. The number of ether oxygens (including phenoxy) is 1. The number of carbonyl (C=O) groups excluding carboxylic acids is 1. The van der Waals surface area contributed by atoms with E-state index in [1.54, 1.807) is 6.08 Å². The van der Waals surface area contributed by atoms with Gasteiger partial charge in [0.15, 0.2) is 0 Å². The zero-order valence-electron chi connectivity index (χ0n) is 30.4. The van der Waals surface area contributed by atoms with Crippen LogP contribution in [-0.4, -0.2) is 12.6 Å². The summed E-state index contributed by atoms with van der Waals surface area (Å²) in [5.74, 6) is -0.341. The van der Waals surface area contributed by atoms with E-state index in [0.717, 1.165) is 16.3 Å². The minimum Gasteiger partial charge on any atom is -0.463 e. The topological polar surface area (TPSA) is 26.3 Å². The first-order valence-corrected chi connectivity index (χ1v) is 21.0. The second kappa shape index (κ2) is 16.2. The molecule has 0 spiro atoms. The Hall–Kier alpha value is -5.65. The molecule has 0 aliphatic carbocycles. The summed E-state index contributed by atoms with van der Waals surface area (Å²) >= 11 is 0. The zero-order valence-corrected chi connectivity index (χ0v) is 32.2. The number of carbonyl (C=O) groups is 1. The van der Waals surface area contributed by atoms with Crippen molar-refractivity contribution in [2.45, 2.75) is 13.8 Å². The summed E-state index contributed by atoms with van der Waals surface area (Å²) in [6, 6.07) is 66.5. The largest absolute Gasteiger partial charge is 0.463 e. The number of hydrogen-bond acceptors (Lipinski definition) is 2. The molecule has 0 aliphatic rings. The molecule has 4 heteroatoms. The van der Waals surface area contributed by atoms with Gasteiger partial charge in [-0.15, -0.1) is 0 Å². The normalized spacial score (nSPS) is 11.6. The summed E-state index contributed by atoms with van der Waals surface area (Å²) in [7, 11) is -1.95. The molecule has 0 heterocycles. The first kappa shape index (κ1) is 35.4. The van der Waals surface area contributed by atoms with E-state index in [1.165, 1.54) is 59.3 Å². The van der Waals surface area contributed by atoms with Crippen LogP contribution in [0.15, 0.2) is 188 Å². The molecule has 54 heavy (non-hydrogen) atoms. The molecule has 2 nitrogen and oxygen atoms in total. The zero-order chi connectivity index (χ0) is 36.9. The van der Waals surface area contributed by atoms with Crippen molar-refractivity contribution in [3.63, 3.8) is 0 Å². The highest BCUT2D eigenvalue weighted by Gasteiger charge is 2.28. The van der Waals surface area contributed by atoms with E-state index in [9.17, 15) is 4.79 Å². The maximum atomic E-state index is 12.6. The Bertz CT molecular complexity index is 2510. The molecule has 0 saturated heterocycles. The van der Waals surface area contributed by atoms with Gasteiger partial charge in [0.05, 0.1) is 6.61 Å². The van der Waals surface area contributed by atoms with Gasteiger partial charge < -0.3 is 4.74 Å². The van der Waals surface area contributed by atoms with E-state index >= 15 is 0 Å². The smallest absolute Gasteiger partial charge is 0.330 e. The Morgan fingerprint density at radius 1 is 0.481 bits per heavy atom. The van der Waals surface area contributed by atoms with E-state index in [2.05, 4.69) is 189 Å². The fraction of sp³-hybridized carbons (Fsp3) is 0.0600. The van der Waals surface area contributed by atoms with Crippen LogP contribution in [-0.2, 0) is 9.53 Å². The lowest BCUT2D eigenvalue weighted by Gasteiger charge is -2.29. The van der Waals surface area contributed by atoms with Gasteiger partial charge in [0, 0.05) is 6.08 Å². The fourth-order valence-corrected chi connectivity index (χ4v) is 12.4. The third-order valence-corrected chi connectivity index (χ3v) is 14.8. The Labute approximate surface area is 320 Å². The number of rotatable bonds is 10. The number of aryl methyl sites for hydroxylation is 1. The standard InChI is InChI=1S/C50H40O2P2/c1-3-52-48(51)35-30-37-19-17-29-45-43(37)32-34-47(54(40-24-12-6-13-25-40)41-26-14-7-15-27-41)50(45)49-44-28-16-18-36(2)42(44)31-33-46(49)53(38-20-8-4-9-21-38)39-22-10-5-11-23-39/h4-35H,3H2,1-2H3/b35-30+. The van der Waals surface area contributed by atoms with Crippen molar-refractivity contribution in [1.29, 1.82) is 0 Å². The van der Waals surface area contributed by atoms with Crippen LogP contribution >= 0.6 is 15.8 Å². The van der Waals surface area contributed by atoms with Gasteiger partial charge in [-0.25, -0.2) is 4.79 Å². The van der Waals surface area contributed by atoms with Gasteiger partial charge in [-0.1, -0.05) is 182 Å². The number of esters is 1. The van der Waals surface area contributed by atoms with Crippen molar-refractivity contribution in [2.24, 2.45) is 0 Å². The van der Waals surface area contributed by atoms with E-state index in [-0.39, 0.29) is 5.97 Å². The summed E-state index contributed by atoms with van der Waals surface area (Å²) in [6.07, 6.45) is 3.44. The first-order chi connectivity index (χ1) is 26.6.